The van der Waals surface area contributed by atoms with E-state index >= 15 is 0 Å². The van der Waals surface area contributed by atoms with E-state index in [2.05, 4.69) is 15.4 Å². The van der Waals surface area contributed by atoms with Crippen LogP contribution in [0.2, 0.25) is 0 Å². The topological polar surface area (TPSA) is 76.7 Å². The molecule has 1 aliphatic rings. The second-order valence-electron chi connectivity index (χ2n) is 5.90. The monoisotopic (exact) mass is 376 g/mol. The highest BCUT2D eigenvalue weighted by Gasteiger charge is 2.23. The van der Waals surface area contributed by atoms with Gasteiger partial charge in [-0.15, -0.1) is 0 Å². The molecule has 0 radical (unpaired) electrons. The molecule has 0 aromatic heterocycles. The van der Waals surface area contributed by atoms with Crippen LogP contribution in [0.15, 0.2) is 48.5 Å². The summed E-state index contributed by atoms with van der Waals surface area (Å²) in [4.78, 5) is 24.6. The molecule has 2 N–H and O–H groups in total. The third kappa shape index (κ3) is 5.01. The van der Waals surface area contributed by atoms with Crippen molar-refractivity contribution in [1.29, 1.82) is 0 Å². The number of para-hydroxylation sites is 2. The Morgan fingerprint density at radius 3 is 2.67 bits per heavy atom. The molecular formula is C19H18F2N2O4. The van der Waals surface area contributed by atoms with Crippen LogP contribution in [0.25, 0.3) is 0 Å². The predicted molar refractivity (Wildman–Crippen MR) is 95.1 cm³/mol. The van der Waals surface area contributed by atoms with Crippen LogP contribution in [0, 0.1) is 0 Å². The Bertz CT molecular complexity index is 823. The lowest BCUT2D eigenvalue weighted by molar-refractivity contribution is -0.124. The van der Waals surface area contributed by atoms with Crippen molar-refractivity contribution in [3.8, 4) is 5.75 Å². The number of ether oxygens (including phenoxy) is 2. The van der Waals surface area contributed by atoms with Crippen LogP contribution < -0.4 is 15.4 Å². The molecule has 2 aromatic rings. The maximum Gasteiger partial charge on any atom is 0.387 e. The summed E-state index contributed by atoms with van der Waals surface area (Å²) in [5.74, 6) is -0.919. The van der Waals surface area contributed by atoms with Gasteiger partial charge in [0.1, 0.15) is 11.9 Å². The molecule has 8 heteroatoms. The van der Waals surface area contributed by atoms with Gasteiger partial charge in [-0.05, 0) is 43.2 Å². The molecule has 2 amide bonds. The molecule has 3 rings (SSSR count). The van der Waals surface area contributed by atoms with E-state index < -0.39 is 18.6 Å². The molecular weight excluding hydrogens is 358 g/mol. The lowest BCUT2D eigenvalue weighted by atomic mass is 10.1. The number of hydrogen-bond donors (Lipinski definition) is 2. The number of carbonyl (C=O) groups excluding carboxylic acids is 2. The summed E-state index contributed by atoms with van der Waals surface area (Å²) in [5.41, 5.74) is 0.823. The number of rotatable bonds is 6. The molecule has 1 fully saturated rings. The van der Waals surface area contributed by atoms with Gasteiger partial charge < -0.3 is 20.1 Å². The minimum atomic E-state index is -3.00. The normalized spacial score (nSPS) is 16.2. The van der Waals surface area contributed by atoms with Crippen LogP contribution in [0.1, 0.15) is 23.2 Å². The lowest BCUT2D eigenvalue weighted by Gasteiger charge is -2.13. The van der Waals surface area contributed by atoms with Crippen molar-refractivity contribution in [2.75, 3.05) is 17.2 Å². The number of benzene rings is 2. The maximum atomic E-state index is 12.5. The highest BCUT2D eigenvalue weighted by Crippen LogP contribution is 2.26. The Kier molecular flexibility index (Phi) is 5.97. The van der Waals surface area contributed by atoms with Gasteiger partial charge in [-0.2, -0.15) is 8.78 Å². The zero-order valence-electron chi connectivity index (χ0n) is 14.3. The number of halogens is 2. The molecule has 1 unspecified atom stereocenters. The Balaban J connectivity index is 1.69. The van der Waals surface area contributed by atoms with Crippen LogP contribution in [-0.4, -0.2) is 31.1 Å². The van der Waals surface area contributed by atoms with Crippen molar-refractivity contribution in [2.24, 2.45) is 0 Å². The summed E-state index contributed by atoms with van der Waals surface area (Å²) < 4.78 is 34.7. The summed E-state index contributed by atoms with van der Waals surface area (Å²) in [6, 6.07) is 12.2. The van der Waals surface area contributed by atoms with Crippen LogP contribution >= 0.6 is 0 Å². The van der Waals surface area contributed by atoms with Crippen LogP contribution in [0.4, 0.5) is 20.2 Å². The minimum absolute atomic E-state index is 0.122. The van der Waals surface area contributed by atoms with Crippen molar-refractivity contribution in [3.05, 3.63) is 54.1 Å². The van der Waals surface area contributed by atoms with E-state index in [9.17, 15) is 18.4 Å². The van der Waals surface area contributed by atoms with E-state index in [1.165, 1.54) is 24.3 Å². The van der Waals surface area contributed by atoms with E-state index in [4.69, 9.17) is 4.74 Å². The molecule has 142 valence electrons. The molecule has 1 atom stereocenters. The van der Waals surface area contributed by atoms with Gasteiger partial charge in [0.25, 0.3) is 11.8 Å². The van der Waals surface area contributed by atoms with Crippen molar-refractivity contribution < 1.29 is 27.8 Å². The van der Waals surface area contributed by atoms with E-state index in [0.29, 0.717) is 18.7 Å². The van der Waals surface area contributed by atoms with E-state index in [-0.39, 0.29) is 22.9 Å². The SMILES string of the molecule is O=C(Nc1ccccc1OC(F)F)c1cccc(NC(=O)C2CCCO2)c1. The zero-order valence-corrected chi connectivity index (χ0v) is 14.3. The van der Waals surface area contributed by atoms with Crippen molar-refractivity contribution in [2.45, 2.75) is 25.6 Å². The Hall–Kier alpha value is -3.00. The molecule has 0 saturated carbocycles. The van der Waals surface area contributed by atoms with Gasteiger partial charge >= 0.3 is 6.61 Å². The third-order valence-corrected chi connectivity index (χ3v) is 3.97. The highest BCUT2D eigenvalue weighted by molar-refractivity contribution is 6.06. The van der Waals surface area contributed by atoms with Crippen LogP contribution in [0.5, 0.6) is 5.75 Å². The second-order valence-corrected chi connectivity index (χ2v) is 5.90. The fourth-order valence-corrected chi connectivity index (χ4v) is 2.71. The Labute approximate surface area is 154 Å². The Morgan fingerprint density at radius 1 is 1.11 bits per heavy atom. The maximum absolute atomic E-state index is 12.5. The highest BCUT2D eigenvalue weighted by atomic mass is 19.3. The molecule has 1 saturated heterocycles. The molecule has 27 heavy (non-hydrogen) atoms. The zero-order chi connectivity index (χ0) is 19.2. The Morgan fingerprint density at radius 2 is 1.93 bits per heavy atom. The minimum Gasteiger partial charge on any atom is -0.433 e. The third-order valence-electron chi connectivity index (χ3n) is 3.97. The fourth-order valence-electron chi connectivity index (χ4n) is 2.71. The first kappa shape index (κ1) is 18.8. The molecule has 6 nitrogen and oxygen atoms in total. The van der Waals surface area contributed by atoms with Gasteiger partial charge in [0, 0.05) is 17.9 Å². The number of amides is 2. The van der Waals surface area contributed by atoms with Crippen LogP contribution in [0.3, 0.4) is 0 Å². The predicted octanol–water partition coefficient (Wildman–Crippen LogP) is 3.66. The average Bonchev–Trinajstić information content (AvgIpc) is 3.18. The van der Waals surface area contributed by atoms with Gasteiger partial charge in [-0.1, -0.05) is 18.2 Å². The van der Waals surface area contributed by atoms with Gasteiger partial charge in [-0.3, -0.25) is 9.59 Å². The summed E-state index contributed by atoms with van der Waals surface area (Å²) in [5, 5.41) is 5.25. The smallest absolute Gasteiger partial charge is 0.387 e. The first-order valence-corrected chi connectivity index (χ1v) is 8.40. The first-order chi connectivity index (χ1) is 13.0. The van der Waals surface area contributed by atoms with E-state index in [1.807, 2.05) is 0 Å². The van der Waals surface area contributed by atoms with Gasteiger partial charge in [0.15, 0.2) is 0 Å². The van der Waals surface area contributed by atoms with Gasteiger partial charge in [0.05, 0.1) is 5.69 Å². The quantitative estimate of drug-likeness (QED) is 0.807. The lowest BCUT2D eigenvalue weighted by Crippen LogP contribution is -2.27. The van der Waals surface area contributed by atoms with E-state index in [0.717, 1.165) is 6.42 Å². The number of alkyl halides is 2. The van der Waals surface area contributed by atoms with Gasteiger partial charge in [0.2, 0.25) is 0 Å². The fraction of sp³-hybridized carbons (Fsp3) is 0.263. The molecule has 1 heterocycles. The largest absolute Gasteiger partial charge is 0.433 e. The number of carbonyl (C=O) groups is 2. The molecule has 0 bridgehead atoms. The molecule has 2 aromatic carbocycles. The molecule has 1 aliphatic heterocycles. The molecule has 0 spiro atoms. The summed E-state index contributed by atoms with van der Waals surface area (Å²) in [6.45, 7) is -2.44. The van der Waals surface area contributed by atoms with Crippen LogP contribution in [-0.2, 0) is 9.53 Å². The number of anilines is 2. The summed E-state index contributed by atoms with van der Waals surface area (Å²) >= 11 is 0. The first-order valence-electron chi connectivity index (χ1n) is 8.40. The average molecular weight is 376 g/mol. The number of nitrogens with one attached hydrogen (secondary N) is 2. The van der Waals surface area contributed by atoms with Gasteiger partial charge in [-0.25, -0.2) is 0 Å². The summed E-state index contributed by atoms with van der Waals surface area (Å²) in [6.07, 6.45) is 1.01. The van der Waals surface area contributed by atoms with E-state index in [1.54, 1.807) is 24.3 Å². The number of hydrogen-bond acceptors (Lipinski definition) is 4. The van der Waals surface area contributed by atoms with Crippen molar-refractivity contribution >= 4 is 23.2 Å². The van der Waals surface area contributed by atoms with Crippen molar-refractivity contribution in [3.63, 3.8) is 0 Å². The standard InChI is InChI=1S/C19H18F2N2O4/c20-19(21)27-15-8-2-1-7-14(15)23-17(24)12-5-3-6-13(11-12)22-18(25)16-9-4-10-26-16/h1-3,5-8,11,16,19H,4,9-10H2,(H,22,25)(H,23,24). The molecule has 0 aliphatic carbocycles. The summed E-state index contributed by atoms with van der Waals surface area (Å²) in [7, 11) is 0. The second kappa shape index (κ2) is 8.59. The van der Waals surface area contributed by atoms with Crippen molar-refractivity contribution in [1.82, 2.24) is 0 Å².